The van der Waals surface area contributed by atoms with Crippen molar-refractivity contribution in [3.63, 3.8) is 0 Å². The zero-order valence-electron chi connectivity index (χ0n) is 16.1. The molecule has 2 aromatic rings. The number of carbonyl (C=O) groups is 2. The van der Waals surface area contributed by atoms with Crippen molar-refractivity contribution in [2.75, 3.05) is 32.8 Å². The maximum absolute atomic E-state index is 12.2. The molecular weight excluding hydrogens is 362 g/mol. The number of carbonyl (C=O) groups excluding carboxylic acids is 2. The topological polar surface area (TPSA) is 89.1 Å². The number of hydrogen-bond acceptors (Lipinski definition) is 6. The predicted octanol–water partition coefficient (Wildman–Crippen LogP) is 2.51. The highest BCUT2D eigenvalue weighted by atomic mass is 16.7. The molecule has 0 unspecified atom stereocenters. The highest BCUT2D eigenvalue weighted by Gasteiger charge is 2.16. The van der Waals surface area contributed by atoms with Crippen LogP contribution in [-0.4, -0.2) is 44.3 Å². The van der Waals surface area contributed by atoms with Gasteiger partial charge < -0.3 is 19.5 Å². The van der Waals surface area contributed by atoms with Crippen LogP contribution in [0.5, 0.6) is 17.2 Å². The van der Waals surface area contributed by atoms with E-state index in [1.807, 2.05) is 25.1 Å². The van der Waals surface area contributed by atoms with Gasteiger partial charge in [0.05, 0.1) is 13.7 Å². The fourth-order valence-electron chi connectivity index (χ4n) is 2.93. The number of hydrogen-bond donors (Lipinski definition) is 2. The van der Waals surface area contributed by atoms with Gasteiger partial charge >= 0.3 is 6.03 Å². The lowest BCUT2D eigenvalue weighted by atomic mass is 10.1. The summed E-state index contributed by atoms with van der Waals surface area (Å²) in [4.78, 5) is 26.0. The van der Waals surface area contributed by atoms with Crippen LogP contribution in [0, 0.1) is 6.92 Å². The van der Waals surface area contributed by atoms with Crippen LogP contribution < -0.4 is 24.8 Å². The summed E-state index contributed by atoms with van der Waals surface area (Å²) in [5.74, 6) is 1.52. The van der Waals surface area contributed by atoms with Crippen LogP contribution in [-0.2, 0) is 11.3 Å². The van der Waals surface area contributed by atoms with Gasteiger partial charge in [0, 0.05) is 23.9 Å². The van der Waals surface area contributed by atoms with Gasteiger partial charge in [0.2, 0.25) is 12.7 Å². The monoisotopic (exact) mass is 385 g/mol. The van der Waals surface area contributed by atoms with E-state index in [2.05, 4.69) is 10.6 Å². The number of fused-ring (bicyclic) bond motifs is 1. The van der Waals surface area contributed by atoms with E-state index in [1.165, 1.54) is 0 Å². The first-order valence-electron chi connectivity index (χ1n) is 8.77. The summed E-state index contributed by atoms with van der Waals surface area (Å²) in [7, 11) is 3.42. The van der Waals surface area contributed by atoms with Gasteiger partial charge in [-0.05, 0) is 32.2 Å². The molecule has 3 rings (SSSR count). The number of nitrogens with one attached hydrogen (secondary N) is 2. The number of nitrogens with zero attached hydrogens (tertiary/aromatic N) is 1. The fourth-order valence-corrected chi connectivity index (χ4v) is 2.93. The van der Waals surface area contributed by atoms with Gasteiger partial charge in [-0.2, -0.15) is 0 Å². The Labute approximate surface area is 163 Å². The quantitative estimate of drug-likeness (QED) is 0.794. The van der Waals surface area contributed by atoms with Crippen molar-refractivity contribution in [2.45, 2.75) is 13.5 Å². The number of anilines is 1. The Balaban J connectivity index is 1.50. The summed E-state index contributed by atoms with van der Waals surface area (Å²) in [6.45, 7) is 2.73. The lowest BCUT2D eigenvalue weighted by molar-refractivity contribution is -0.120. The normalized spacial score (nSPS) is 12.0. The number of amides is 3. The zero-order valence-corrected chi connectivity index (χ0v) is 16.1. The van der Waals surface area contributed by atoms with Gasteiger partial charge in [-0.3, -0.25) is 15.0 Å². The Morgan fingerprint density at radius 2 is 1.93 bits per heavy atom. The molecule has 0 saturated carbocycles. The molecule has 0 bridgehead atoms. The molecule has 2 aromatic carbocycles. The molecule has 0 spiro atoms. The van der Waals surface area contributed by atoms with Crippen LogP contribution in [0.4, 0.5) is 10.5 Å². The molecule has 0 fully saturated rings. The van der Waals surface area contributed by atoms with Crippen LogP contribution in [0.15, 0.2) is 36.4 Å². The summed E-state index contributed by atoms with van der Waals surface area (Å²) < 4.78 is 15.8. The van der Waals surface area contributed by atoms with Crippen molar-refractivity contribution in [1.82, 2.24) is 10.2 Å². The minimum atomic E-state index is -0.606. The summed E-state index contributed by atoms with van der Waals surface area (Å²) in [5.41, 5.74) is 2.59. The van der Waals surface area contributed by atoms with E-state index in [0.717, 1.165) is 16.9 Å². The largest absolute Gasteiger partial charge is 0.496 e. The second kappa shape index (κ2) is 8.62. The van der Waals surface area contributed by atoms with Crippen LogP contribution in [0.1, 0.15) is 11.1 Å². The molecule has 0 atom stereocenters. The lowest BCUT2D eigenvalue weighted by Crippen LogP contribution is -2.40. The molecule has 3 amide bonds. The minimum absolute atomic E-state index is 0.0612. The SMILES string of the molecule is COc1ccc(C)cc1CN(C)CC(=O)NC(=O)Nc1ccc2c(c1)OCO2. The predicted molar refractivity (Wildman–Crippen MR) is 104 cm³/mol. The van der Waals surface area contributed by atoms with E-state index >= 15 is 0 Å². The molecule has 0 aliphatic carbocycles. The van der Waals surface area contributed by atoms with Gasteiger partial charge in [0.1, 0.15) is 5.75 Å². The number of rotatable bonds is 6. The smallest absolute Gasteiger partial charge is 0.325 e. The van der Waals surface area contributed by atoms with E-state index in [1.54, 1.807) is 37.3 Å². The third-order valence-corrected chi connectivity index (χ3v) is 4.17. The molecular formula is C20H23N3O5. The number of ether oxygens (including phenoxy) is 3. The average molecular weight is 385 g/mol. The van der Waals surface area contributed by atoms with Gasteiger partial charge in [-0.15, -0.1) is 0 Å². The number of urea groups is 1. The third kappa shape index (κ3) is 4.92. The van der Waals surface area contributed by atoms with Gasteiger partial charge in [0.15, 0.2) is 11.5 Å². The molecule has 1 heterocycles. The molecule has 1 aliphatic rings. The van der Waals surface area contributed by atoms with Crippen molar-refractivity contribution in [3.8, 4) is 17.2 Å². The Morgan fingerprint density at radius 3 is 2.71 bits per heavy atom. The lowest BCUT2D eigenvalue weighted by Gasteiger charge is -2.18. The highest BCUT2D eigenvalue weighted by Crippen LogP contribution is 2.34. The van der Waals surface area contributed by atoms with Gasteiger partial charge in [-0.1, -0.05) is 17.7 Å². The van der Waals surface area contributed by atoms with Crippen LogP contribution >= 0.6 is 0 Å². The minimum Gasteiger partial charge on any atom is -0.496 e. The molecule has 8 heteroatoms. The van der Waals surface area contributed by atoms with E-state index in [9.17, 15) is 9.59 Å². The van der Waals surface area contributed by atoms with E-state index in [-0.39, 0.29) is 13.3 Å². The number of benzene rings is 2. The molecule has 8 nitrogen and oxygen atoms in total. The summed E-state index contributed by atoms with van der Waals surface area (Å²) in [6, 6.07) is 10.3. The Morgan fingerprint density at radius 1 is 1.14 bits per heavy atom. The number of methoxy groups -OCH3 is 1. The molecule has 0 radical (unpaired) electrons. The van der Waals surface area contributed by atoms with Crippen LogP contribution in [0.25, 0.3) is 0 Å². The number of imide groups is 1. The molecule has 2 N–H and O–H groups in total. The third-order valence-electron chi connectivity index (χ3n) is 4.17. The van der Waals surface area contributed by atoms with E-state index in [0.29, 0.717) is 23.7 Å². The number of aryl methyl sites for hydroxylation is 1. The van der Waals surface area contributed by atoms with Gasteiger partial charge in [0.25, 0.3) is 0 Å². The highest BCUT2D eigenvalue weighted by molar-refractivity contribution is 6.01. The van der Waals surface area contributed by atoms with Crippen LogP contribution in [0.3, 0.4) is 0 Å². The van der Waals surface area contributed by atoms with Crippen molar-refractivity contribution in [2.24, 2.45) is 0 Å². The Hall–Kier alpha value is -3.26. The standard InChI is InChI=1S/C20H23N3O5/c1-13-4-6-16(26-3)14(8-13)10-23(2)11-19(24)22-20(25)21-15-5-7-17-18(9-15)28-12-27-17/h4-9H,10-12H2,1-3H3,(H2,21,22,24,25). The molecule has 148 valence electrons. The van der Waals surface area contributed by atoms with E-state index in [4.69, 9.17) is 14.2 Å². The first-order valence-corrected chi connectivity index (χ1v) is 8.77. The molecule has 1 aliphatic heterocycles. The van der Waals surface area contributed by atoms with Crippen molar-refractivity contribution in [1.29, 1.82) is 0 Å². The van der Waals surface area contributed by atoms with Crippen LogP contribution in [0.2, 0.25) is 0 Å². The second-order valence-electron chi connectivity index (χ2n) is 6.56. The Bertz CT molecular complexity index is 884. The number of likely N-dealkylation sites (N-methyl/N-ethyl adjacent to an activating group) is 1. The molecule has 0 aromatic heterocycles. The summed E-state index contributed by atoms with van der Waals surface area (Å²) >= 11 is 0. The molecule has 0 saturated heterocycles. The first kappa shape index (κ1) is 19.5. The second-order valence-corrected chi connectivity index (χ2v) is 6.56. The fraction of sp³-hybridized carbons (Fsp3) is 0.300. The van der Waals surface area contributed by atoms with Gasteiger partial charge in [-0.25, -0.2) is 4.79 Å². The summed E-state index contributed by atoms with van der Waals surface area (Å²) in [6.07, 6.45) is 0. The zero-order chi connectivity index (χ0) is 20.1. The average Bonchev–Trinajstić information content (AvgIpc) is 3.09. The first-order chi connectivity index (χ1) is 13.4. The maximum Gasteiger partial charge on any atom is 0.325 e. The van der Waals surface area contributed by atoms with Crippen molar-refractivity contribution >= 4 is 17.6 Å². The maximum atomic E-state index is 12.2. The molecule has 28 heavy (non-hydrogen) atoms. The van der Waals surface area contributed by atoms with E-state index < -0.39 is 11.9 Å². The van der Waals surface area contributed by atoms with Crippen molar-refractivity contribution in [3.05, 3.63) is 47.5 Å². The summed E-state index contributed by atoms with van der Waals surface area (Å²) in [5, 5.41) is 4.93. The van der Waals surface area contributed by atoms with Crippen molar-refractivity contribution < 1.29 is 23.8 Å². The Kier molecular flexibility index (Phi) is 6.00.